The molecule has 6 nitrogen and oxygen atoms in total. The van der Waals surface area contributed by atoms with Crippen LogP contribution in [-0.2, 0) is 0 Å². The Labute approximate surface area is 138 Å². The predicted octanol–water partition coefficient (Wildman–Crippen LogP) is 1.90. The summed E-state index contributed by atoms with van der Waals surface area (Å²) in [5.74, 6) is 1.08. The van der Waals surface area contributed by atoms with E-state index in [1.54, 1.807) is 13.1 Å². The molecular weight excluding hydrogens is 315 g/mol. The van der Waals surface area contributed by atoms with Crippen molar-refractivity contribution in [2.24, 2.45) is 0 Å². The van der Waals surface area contributed by atoms with E-state index < -0.39 is 0 Å². The van der Waals surface area contributed by atoms with Crippen LogP contribution in [0.4, 0.5) is 16.0 Å². The lowest BCUT2D eigenvalue weighted by atomic mass is 9.87. The van der Waals surface area contributed by atoms with Gasteiger partial charge in [-0.2, -0.15) is 0 Å². The fourth-order valence-corrected chi connectivity index (χ4v) is 3.73. The molecule has 2 aromatic heterocycles. The molecule has 2 bridgehead atoms. The minimum atomic E-state index is -0.303. The first kappa shape index (κ1) is 14.6. The first-order chi connectivity index (χ1) is 11.2. The number of anilines is 2. The highest BCUT2D eigenvalue weighted by atomic mass is 32.2. The van der Waals surface area contributed by atoms with Gasteiger partial charge in [-0.1, -0.05) is 11.8 Å². The molecule has 0 aromatic carbocycles. The zero-order valence-corrected chi connectivity index (χ0v) is 13.8. The topological polar surface area (TPSA) is 58.0 Å². The summed E-state index contributed by atoms with van der Waals surface area (Å²) in [6, 6.07) is 2.47. The molecule has 3 aliphatic heterocycles. The van der Waals surface area contributed by atoms with Crippen LogP contribution in [0.1, 0.15) is 12.1 Å². The van der Waals surface area contributed by atoms with Crippen molar-refractivity contribution in [3.63, 3.8) is 0 Å². The highest BCUT2D eigenvalue weighted by Gasteiger charge is 2.46. The number of hydrogen-bond donors (Lipinski definition) is 0. The molecule has 0 aliphatic carbocycles. The van der Waals surface area contributed by atoms with Crippen LogP contribution in [0, 0.1) is 12.7 Å². The maximum Gasteiger partial charge on any atom is 0.189 e. The van der Waals surface area contributed by atoms with Crippen molar-refractivity contribution in [1.82, 2.24) is 19.9 Å². The molecular formula is C15H17FN6S. The van der Waals surface area contributed by atoms with Gasteiger partial charge in [-0.15, -0.1) is 0 Å². The second-order valence-electron chi connectivity index (χ2n) is 5.85. The molecule has 120 valence electrons. The van der Waals surface area contributed by atoms with Gasteiger partial charge in [0, 0.05) is 19.3 Å². The highest BCUT2D eigenvalue weighted by molar-refractivity contribution is 7.98. The SMILES string of the molecule is CSc1nccc(N2CC3CC(C2)N3c2ncnc(C)c2F)n1. The van der Waals surface area contributed by atoms with Gasteiger partial charge in [0.05, 0.1) is 17.8 Å². The second-order valence-corrected chi connectivity index (χ2v) is 6.63. The summed E-state index contributed by atoms with van der Waals surface area (Å²) in [6.45, 7) is 3.32. The normalized spacial score (nSPS) is 22.9. The van der Waals surface area contributed by atoms with Gasteiger partial charge in [0.2, 0.25) is 0 Å². The molecule has 5 rings (SSSR count). The lowest BCUT2D eigenvalue weighted by molar-refractivity contribution is 0.283. The maximum atomic E-state index is 14.3. The number of piperidine rings is 1. The Balaban J connectivity index is 1.55. The van der Waals surface area contributed by atoms with E-state index in [0.29, 0.717) is 11.5 Å². The Hall–Kier alpha value is -1.96. The molecule has 2 atom stereocenters. The molecule has 23 heavy (non-hydrogen) atoms. The molecule has 2 unspecified atom stereocenters. The third-order valence-corrected chi connectivity index (χ3v) is 5.07. The lowest BCUT2D eigenvalue weighted by Crippen LogP contribution is -2.69. The number of halogens is 1. The van der Waals surface area contributed by atoms with Gasteiger partial charge >= 0.3 is 0 Å². The summed E-state index contributed by atoms with van der Waals surface area (Å²) >= 11 is 1.53. The second kappa shape index (κ2) is 5.59. The Morgan fingerprint density at radius 3 is 2.74 bits per heavy atom. The zero-order chi connectivity index (χ0) is 16.0. The summed E-state index contributed by atoms with van der Waals surface area (Å²) in [5, 5.41) is 0.774. The van der Waals surface area contributed by atoms with E-state index in [1.165, 1.54) is 18.1 Å². The van der Waals surface area contributed by atoms with Crippen LogP contribution in [0.3, 0.4) is 0 Å². The van der Waals surface area contributed by atoms with E-state index in [9.17, 15) is 4.39 Å². The first-order valence-corrected chi connectivity index (χ1v) is 8.77. The number of aromatic nitrogens is 4. The third-order valence-electron chi connectivity index (χ3n) is 4.51. The summed E-state index contributed by atoms with van der Waals surface area (Å²) in [6.07, 6.45) is 6.27. The molecule has 0 N–H and O–H groups in total. The van der Waals surface area contributed by atoms with E-state index in [2.05, 4.69) is 29.7 Å². The molecule has 3 saturated heterocycles. The van der Waals surface area contributed by atoms with Crippen LogP contribution in [0.15, 0.2) is 23.7 Å². The molecule has 3 aliphatic rings. The van der Waals surface area contributed by atoms with Gasteiger partial charge in [-0.25, -0.2) is 24.3 Å². The molecule has 0 radical (unpaired) electrons. The standard InChI is InChI=1S/C15H17FN6S/c1-9-13(16)14(19-8-18-9)22-10-5-11(22)7-21(6-10)12-3-4-17-15(20-12)23-2/h3-4,8,10-11H,5-7H2,1-2H3. The summed E-state index contributed by atoms with van der Waals surface area (Å²) < 4.78 is 14.3. The van der Waals surface area contributed by atoms with Gasteiger partial charge in [0.15, 0.2) is 16.8 Å². The molecule has 0 spiro atoms. The molecule has 5 heterocycles. The largest absolute Gasteiger partial charge is 0.352 e. The van der Waals surface area contributed by atoms with Gasteiger partial charge in [-0.05, 0) is 25.7 Å². The summed E-state index contributed by atoms with van der Waals surface area (Å²) in [7, 11) is 0. The van der Waals surface area contributed by atoms with Gasteiger partial charge in [0.25, 0.3) is 0 Å². The van der Waals surface area contributed by atoms with Crippen molar-refractivity contribution in [2.75, 3.05) is 29.1 Å². The number of rotatable bonds is 3. The predicted molar refractivity (Wildman–Crippen MR) is 87.4 cm³/mol. The fraction of sp³-hybridized carbons (Fsp3) is 0.467. The number of fused-ring (bicyclic) bond motifs is 2. The Kier molecular flexibility index (Phi) is 3.56. The van der Waals surface area contributed by atoms with E-state index in [0.717, 1.165) is 30.5 Å². The summed E-state index contributed by atoms with van der Waals surface area (Å²) in [5.41, 5.74) is 0.400. The van der Waals surface area contributed by atoms with E-state index in [1.807, 2.05) is 12.3 Å². The number of nitrogens with zero attached hydrogens (tertiary/aromatic N) is 6. The van der Waals surface area contributed by atoms with Crippen LogP contribution >= 0.6 is 11.8 Å². The van der Waals surface area contributed by atoms with Crippen molar-refractivity contribution in [3.05, 3.63) is 30.1 Å². The van der Waals surface area contributed by atoms with Crippen molar-refractivity contribution in [3.8, 4) is 0 Å². The Morgan fingerprint density at radius 1 is 1.22 bits per heavy atom. The van der Waals surface area contributed by atoms with Crippen molar-refractivity contribution in [1.29, 1.82) is 0 Å². The Morgan fingerprint density at radius 2 is 2.00 bits per heavy atom. The molecule has 8 heteroatoms. The van der Waals surface area contributed by atoms with Crippen LogP contribution in [-0.4, -0.2) is 51.4 Å². The fourth-order valence-electron chi connectivity index (χ4n) is 3.37. The maximum absolute atomic E-state index is 14.3. The number of hydrogen-bond acceptors (Lipinski definition) is 7. The average Bonchev–Trinajstić information content (AvgIpc) is 2.59. The summed E-state index contributed by atoms with van der Waals surface area (Å²) in [4.78, 5) is 21.2. The average molecular weight is 332 g/mol. The van der Waals surface area contributed by atoms with Crippen LogP contribution in [0.2, 0.25) is 0 Å². The van der Waals surface area contributed by atoms with Gasteiger partial charge < -0.3 is 9.80 Å². The molecule has 0 amide bonds. The molecule has 2 aromatic rings. The van der Waals surface area contributed by atoms with E-state index >= 15 is 0 Å². The zero-order valence-electron chi connectivity index (χ0n) is 13.0. The van der Waals surface area contributed by atoms with Gasteiger partial charge in [0.1, 0.15) is 12.1 Å². The minimum Gasteiger partial charge on any atom is -0.352 e. The number of aryl methyl sites for hydroxylation is 1. The quantitative estimate of drug-likeness (QED) is 0.628. The third kappa shape index (κ3) is 2.41. The van der Waals surface area contributed by atoms with E-state index in [4.69, 9.17) is 0 Å². The smallest absolute Gasteiger partial charge is 0.189 e. The van der Waals surface area contributed by atoms with Crippen molar-refractivity contribution < 1.29 is 4.39 Å². The van der Waals surface area contributed by atoms with Crippen LogP contribution < -0.4 is 9.80 Å². The van der Waals surface area contributed by atoms with Crippen LogP contribution in [0.5, 0.6) is 0 Å². The van der Waals surface area contributed by atoms with Crippen LogP contribution in [0.25, 0.3) is 0 Å². The van der Waals surface area contributed by atoms with E-state index in [-0.39, 0.29) is 17.9 Å². The minimum absolute atomic E-state index is 0.269. The van der Waals surface area contributed by atoms with Crippen molar-refractivity contribution >= 4 is 23.4 Å². The monoisotopic (exact) mass is 332 g/mol. The molecule has 0 saturated carbocycles. The highest BCUT2D eigenvalue weighted by Crippen LogP contribution is 2.38. The molecule has 3 fully saturated rings. The van der Waals surface area contributed by atoms with Gasteiger partial charge in [-0.3, -0.25) is 0 Å². The number of thioether (sulfide) groups is 1. The number of piperazine rings is 1. The Bertz CT molecular complexity index is 730. The lowest BCUT2D eigenvalue weighted by Gasteiger charge is -2.57. The van der Waals surface area contributed by atoms with Crippen molar-refractivity contribution in [2.45, 2.75) is 30.6 Å². The first-order valence-electron chi connectivity index (χ1n) is 7.55.